The van der Waals surface area contributed by atoms with Crippen molar-refractivity contribution in [1.82, 2.24) is 0 Å². The molecule has 1 aromatic carbocycles. The van der Waals surface area contributed by atoms with Gasteiger partial charge in [-0.05, 0) is 18.6 Å². The van der Waals surface area contributed by atoms with E-state index in [2.05, 4.69) is 12.2 Å². The lowest BCUT2D eigenvalue weighted by molar-refractivity contribution is 0.267. The molecule has 0 radical (unpaired) electrons. The minimum Gasteiger partial charge on any atom is -0.394 e. The van der Waals surface area contributed by atoms with E-state index in [1.54, 1.807) is 0 Å². The maximum atomic E-state index is 9.15. The van der Waals surface area contributed by atoms with Crippen LogP contribution in [0.3, 0.4) is 0 Å². The van der Waals surface area contributed by atoms with Crippen LogP contribution in [-0.4, -0.2) is 17.8 Å². The van der Waals surface area contributed by atoms with E-state index in [1.807, 2.05) is 30.3 Å². The predicted molar refractivity (Wildman–Crippen MR) is 60.5 cm³/mol. The van der Waals surface area contributed by atoms with E-state index in [0.717, 1.165) is 18.5 Å². The second kappa shape index (κ2) is 6.44. The lowest BCUT2D eigenvalue weighted by Crippen LogP contribution is -2.23. The van der Waals surface area contributed by atoms with Crippen molar-refractivity contribution in [2.24, 2.45) is 0 Å². The van der Waals surface area contributed by atoms with Gasteiger partial charge in [0.05, 0.1) is 6.61 Å². The van der Waals surface area contributed by atoms with Crippen molar-refractivity contribution >= 4 is 5.69 Å². The second-order valence-corrected chi connectivity index (χ2v) is 3.53. The average Bonchev–Trinajstić information content (AvgIpc) is 2.25. The molecule has 14 heavy (non-hydrogen) atoms. The predicted octanol–water partition coefficient (Wildman–Crippen LogP) is 2.65. The zero-order chi connectivity index (χ0) is 10.2. The number of nitrogens with one attached hydrogen (secondary N) is 1. The van der Waals surface area contributed by atoms with E-state index >= 15 is 0 Å². The van der Waals surface area contributed by atoms with Crippen LogP contribution in [0.5, 0.6) is 0 Å². The number of aliphatic hydroxyl groups excluding tert-OH is 1. The molecule has 1 unspecified atom stereocenters. The number of benzene rings is 1. The molecule has 0 aliphatic carbocycles. The van der Waals surface area contributed by atoms with Crippen LogP contribution < -0.4 is 5.32 Å². The molecule has 0 bridgehead atoms. The number of hydrogen-bond donors (Lipinski definition) is 2. The van der Waals surface area contributed by atoms with Crippen LogP contribution in [0.25, 0.3) is 0 Å². The molecule has 2 N–H and O–H groups in total. The summed E-state index contributed by atoms with van der Waals surface area (Å²) in [6.45, 7) is 2.37. The Balaban J connectivity index is 2.40. The molecule has 2 nitrogen and oxygen atoms in total. The van der Waals surface area contributed by atoms with E-state index in [9.17, 15) is 0 Å². The van der Waals surface area contributed by atoms with Crippen molar-refractivity contribution in [2.45, 2.75) is 32.2 Å². The zero-order valence-electron chi connectivity index (χ0n) is 8.74. The van der Waals surface area contributed by atoms with Gasteiger partial charge in [0.2, 0.25) is 0 Å². The monoisotopic (exact) mass is 193 g/mol. The number of hydrogen-bond acceptors (Lipinski definition) is 2. The summed E-state index contributed by atoms with van der Waals surface area (Å²) < 4.78 is 0. The van der Waals surface area contributed by atoms with Crippen LogP contribution in [0.2, 0.25) is 0 Å². The Morgan fingerprint density at radius 1 is 1.29 bits per heavy atom. The van der Waals surface area contributed by atoms with Crippen molar-refractivity contribution in [3.8, 4) is 0 Å². The largest absolute Gasteiger partial charge is 0.394 e. The minimum atomic E-state index is 0.192. The third-order valence-corrected chi connectivity index (χ3v) is 2.27. The number of para-hydroxylation sites is 1. The topological polar surface area (TPSA) is 32.3 Å². The van der Waals surface area contributed by atoms with Crippen LogP contribution in [0.1, 0.15) is 26.2 Å². The van der Waals surface area contributed by atoms with Gasteiger partial charge in [0.1, 0.15) is 0 Å². The maximum absolute atomic E-state index is 9.15. The first kappa shape index (κ1) is 11.1. The highest BCUT2D eigenvalue weighted by Gasteiger charge is 2.05. The van der Waals surface area contributed by atoms with Crippen molar-refractivity contribution in [2.75, 3.05) is 11.9 Å². The number of anilines is 1. The van der Waals surface area contributed by atoms with Gasteiger partial charge in [-0.3, -0.25) is 0 Å². The van der Waals surface area contributed by atoms with E-state index in [0.29, 0.717) is 0 Å². The Morgan fingerprint density at radius 2 is 2.00 bits per heavy atom. The summed E-state index contributed by atoms with van der Waals surface area (Å²) in [6, 6.07) is 10.2. The summed E-state index contributed by atoms with van der Waals surface area (Å²) in [4.78, 5) is 0. The molecule has 2 heteroatoms. The molecule has 0 heterocycles. The third-order valence-electron chi connectivity index (χ3n) is 2.27. The van der Waals surface area contributed by atoms with Crippen molar-refractivity contribution in [3.05, 3.63) is 30.3 Å². The summed E-state index contributed by atoms with van der Waals surface area (Å²) in [6.07, 6.45) is 3.36. The molecule has 1 aromatic rings. The average molecular weight is 193 g/mol. The molecule has 0 saturated heterocycles. The van der Waals surface area contributed by atoms with E-state index in [-0.39, 0.29) is 12.6 Å². The fraction of sp³-hybridized carbons (Fsp3) is 0.500. The van der Waals surface area contributed by atoms with Gasteiger partial charge in [-0.1, -0.05) is 38.0 Å². The number of unbranched alkanes of at least 4 members (excludes halogenated alkanes) is 1. The summed E-state index contributed by atoms with van der Waals surface area (Å²) in [5.74, 6) is 0. The van der Waals surface area contributed by atoms with Crippen LogP contribution in [0.4, 0.5) is 5.69 Å². The lowest BCUT2D eigenvalue weighted by atomic mass is 10.1. The highest BCUT2D eigenvalue weighted by Crippen LogP contribution is 2.10. The first-order chi connectivity index (χ1) is 6.86. The molecule has 0 spiro atoms. The summed E-state index contributed by atoms with van der Waals surface area (Å²) >= 11 is 0. The maximum Gasteiger partial charge on any atom is 0.0632 e. The van der Waals surface area contributed by atoms with Gasteiger partial charge in [0.15, 0.2) is 0 Å². The second-order valence-electron chi connectivity index (χ2n) is 3.53. The summed E-state index contributed by atoms with van der Waals surface area (Å²) in [7, 11) is 0. The zero-order valence-corrected chi connectivity index (χ0v) is 8.74. The molecule has 0 aromatic heterocycles. The third kappa shape index (κ3) is 3.79. The highest BCUT2D eigenvalue weighted by molar-refractivity contribution is 5.43. The van der Waals surface area contributed by atoms with E-state index in [1.165, 1.54) is 6.42 Å². The molecular formula is C12H19NO. The molecular weight excluding hydrogens is 174 g/mol. The smallest absolute Gasteiger partial charge is 0.0632 e. The Kier molecular flexibility index (Phi) is 5.08. The SMILES string of the molecule is CCCCC(CO)Nc1ccccc1. The van der Waals surface area contributed by atoms with Crippen molar-refractivity contribution in [3.63, 3.8) is 0 Å². The lowest BCUT2D eigenvalue weighted by Gasteiger charge is -2.16. The van der Waals surface area contributed by atoms with Crippen LogP contribution in [-0.2, 0) is 0 Å². The van der Waals surface area contributed by atoms with Crippen LogP contribution in [0, 0.1) is 0 Å². The van der Waals surface area contributed by atoms with E-state index in [4.69, 9.17) is 5.11 Å². The van der Waals surface area contributed by atoms with Gasteiger partial charge < -0.3 is 10.4 Å². The van der Waals surface area contributed by atoms with Crippen LogP contribution in [0.15, 0.2) is 30.3 Å². The normalized spacial score (nSPS) is 12.4. The minimum absolute atomic E-state index is 0.192. The first-order valence-corrected chi connectivity index (χ1v) is 5.29. The molecule has 0 amide bonds. The van der Waals surface area contributed by atoms with Gasteiger partial charge >= 0.3 is 0 Å². The molecule has 1 rings (SSSR count). The van der Waals surface area contributed by atoms with Gasteiger partial charge in [-0.25, -0.2) is 0 Å². The highest BCUT2D eigenvalue weighted by atomic mass is 16.3. The van der Waals surface area contributed by atoms with Gasteiger partial charge in [-0.2, -0.15) is 0 Å². The summed E-state index contributed by atoms with van der Waals surface area (Å²) in [5, 5.41) is 12.5. The molecule has 0 aliphatic rings. The van der Waals surface area contributed by atoms with Gasteiger partial charge in [0, 0.05) is 11.7 Å². The van der Waals surface area contributed by atoms with Crippen LogP contribution >= 0.6 is 0 Å². The fourth-order valence-electron chi connectivity index (χ4n) is 1.43. The van der Waals surface area contributed by atoms with Gasteiger partial charge in [0.25, 0.3) is 0 Å². The molecule has 78 valence electrons. The number of rotatable bonds is 6. The molecule has 0 saturated carbocycles. The Bertz CT molecular complexity index is 235. The van der Waals surface area contributed by atoms with Crippen molar-refractivity contribution < 1.29 is 5.11 Å². The Hall–Kier alpha value is -1.02. The Labute approximate surface area is 86.0 Å². The standard InChI is InChI=1S/C12H19NO/c1-2-3-7-12(10-14)13-11-8-5-4-6-9-11/h4-6,8-9,12-14H,2-3,7,10H2,1H3. The quantitative estimate of drug-likeness (QED) is 0.728. The van der Waals surface area contributed by atoms with Gasteiger partial charge in [-0.15, -0.1) is 0 Å². The summed E-state index contributed by atoms with van der Waals surface area (Å²) in [5.41, 5.74) is 1.09. The van der Waals surface area contributed by atoms with E-state index < -0.39 is 0 Å². The number of aliphatic hydroxyl groups is 1. The Morgan fingerprint density at radius 3 is 2.57 bits per heavy atom. The molecule has 0 aliphatic heterocycles. The first-order valence-electron chi connectivity index (χ1n) is 5.29. The fourth-order valence-corrected chi connectivity index (χ4v) is 1.43. The molecule has 1 atom stereocenters. The molecule has 0 fully saturated rings. The van der Waals surface area contributed by atoms with Crippen molar-refractivity contribution in [1.29, 1.82) is 0 Å².